The van der Waals surface area contributed by atoms with Gasteiger partial charge in [0.25, 0.3) is 0 Å². The molecule has 0 atom stereocenters. The Bertz CT molecular complexity index is 521. The Labute approximate surface area is 103 Å². The number of hydrogen-bond donors (Lipinski definition) is 1. The number of sulfone groups is 1. The zero-order valence-electron chi connectivity index (χ0n) is 10.7. The van der Waals surface area contributed by atoms with E-state index in [1.54, 1.807) is 20.1 Å². The Morgan fingerprint density at radius 3 is 2.29 bits per heavy atom. The van der Waals surface area contributed by atoms with Crippen molar-refractivity contribution in [2.75, 3.05) is 19.4 Å². The van der Waals surface area contributed by atoms with Gasteiger partial charge in [-0.25, -0.2) is 8.42 Å². The third kappa shape index (κ3) is 2.61. The van der Waals surface area contributed by atoms with Gasteiger partial charge in [-0.05, 0) is 43.5 Å². The highest BCUT2D eigenvalue weighted by atomic mass is 32.2. The first kappa shape index (κ1) is 14.0. The maximum Gasteiger partial charge on any atom is 0.179 e. The molecule has 0 unspecified atom stereocenters. The topological polar surface area (TPSA) is 69.4 Å². The molecule has 0 saturated carbocycles. The molecule has 4 nitrogen and oxygen atoms in total. The second kappa shape index (κ2) is 5.06. The predicted octanol–water partition coefficient (Wildman–Crippen LogP) is 1.35. The highest BCUT2D eigenvalue weighted by molar-refractivity contribution is 7.91. The van der Waals surface area contributed by atoms with Gasteiger partial charge in [0.15, 0.2) is 9.84 Å². The van der Waals surface area contributed by atoms with Crippen LogP contribution in [0.15, 0.2) is 11.0 Å². The lowest BCUT2D eigenvalue weighted by Crippen LogP contribution is -2.17. The molecule has 0 saturated heterocycles. The van der Waals surface area contributed by atoms with Crippen molar-refractivity contribution in [1.29, 1.82) is 0 Å². The average molecular weight is 257 g/mol. The van der Waals surface area contributed by atoms with Gasteiger partial charge in [0.2, 0.25) is 0 Å². The highest BCUT2D eigenvalue weighted by Gasteiger charge is 2.20. The summed E-state index contributed by atoms with van der Waals surface area (Å²) in [6.45, 7) is 5.63. The van der Waals surface area contributed by atoms with Crippen LogP contribution in [0.3, 0.4) is 0 Å². The van der Waals surface area contributed by atoms with E-state index in [0.717, 1.165) is 22.4 Å². The van der Waals surface area contributed by atoms with E-state index in [1.165, 1.54) is 0 Å². The van der Waals surface area contributed by atoms with Crippen molar-refractivity contribution < 1.29 is 13.2 Å². The minimum atomic E-state index is -3.29. The van der Waals surface area contributed by atoms with Gasteiger partial charge in [0, 0.05) is 6.54 Å². The molecular formula is C12H19NO3S. The van der Waals surface area contributed by atoms with Gasteiger partial charge in [0.1, 0.15) is 5.75 Å². The highest BCUT2D eigenvalue weighted by Crippen LogP contribution is 2.31. The van der Waals surface area contributed by atoms with Crippen molar-refractivity contribution in [1.82, 2.24) is 0 Å². The molecule has 0 amide bonds. The van der Waals surface area contributed by atoms with Gasteiger partial charge in [-0.3, -0.25) is 0 Å². The molecule has 0 bridgehead atoms. The molecule has 0 fully saturated rings. The van der Waals surface area contributed by atoms with Crippen molar-refractivity contribution in [3.63, 3.8) is 0 Å². The molecule has 96 valence electrons. The van der Waals surface area contributed by atoms with Crippen LogP contribution in [0.2, 0.25) is 0 Å². The number of hydrogen-bond acceptors (Lipinski definition) is 4. The second-order valence-electron chi connectivity index (χ2n) is 4.08. The van der Waals surface area contributed by atoms with Crippen molar-refractivity contribution >= 4 is 9.84 Å². The van der Waals surface area contributed by atoms with Crippen LogP contribution in [-0.2, 0) is 9.84 Å². The predicted molar refractivity (Wildman–Crippen MR) is 68.3 cm³/mol. The Morgan fingerprint density at radius 1 is 1.24 bits per heavy atom. The van der Waals surface area contributed by atoms with E-state index < -0.39 is 9.84 Å². The summed E-state index contributed by atoms with van der Waals surface area (Å²) in [6.07, 6.45) is 0. The van der Waals surface area contributed by atoms with Gasteiger partial charge >= 0.3 is 0 Å². The number of aryl methyl sites for hydroxylation is 1. The first-order valence-corrected chi connectivity index (χ1v) is 7.08. The number of ether oxygens (including phenoxy) is 1. The summed E-state index contributed by atoms with van der Waals surface area (Å²) in [5.74, 6) is 0.716. The van der Waals surface area contributed by atoms with Crippen LogP contribution in [0.1, 0.15) is 16.7 Å². The molecular weight excluding hydrogens is 238 g/mol. The molecule has 1 rings (SSSR count). The number of nitrogens with two attached hydrogens (primary N) is 1. The van der Waals surface area contributed by atoms with Gasteiger partial charge in [-0.1, -0.05) is 0 Å². The fraction of sp³-hybridized carbons (Fsp3) is 0.500. The molecule has 0 aliphatic carbocycles. The minimum Gasteiger partial charge on any atom is -0.496 e. The Morgan fingerprint density at radius 2 is 1.82 bits per heavy atom. The van der Waals surface area contributed by atoms with E-state index in [1.807, 2.05) is 13.8 Å². The zero-order chi connectivity index (χ0) is 13.2. The molecule has 5 heteroatoms. The molecule has 17 heavy (non-hydrogen) atoms. The summed E-state index contributed by atoms with van der Waals surface area (Å²) in [7, 11) is -1.71. The maximum absolute atomic E-state index is 12.0. The average Bonchev–Trinajstić information content (AvgIpc) is 2.24. The molecule has 0 aliphatic heterocycles. The van der Waals surface area contributed by atoms with Gasteiger partial charge in [-0.2, -0.15) is 0 Å². The van der Waals surface area contributed by atoms with Crippen LogP contribution >= 0.6 is 0 Å². The molecule has 0 heterocycles. The van der Waals surface area contributed by atoms with Gasteiger partial charge in [-0.15, -0.1) is 0 Å². The quantitative estimate of drug-likeness (QED) is 0.884. The summed E-state index contributed by atoms with van der Waals surface area (Å²) in [6, 6.07) is 1.66. The first-order valence-electron chi connectivity index (χ1n) is 5.42. The number of methoxy groups -OCH3 is 1. The molecule has 1 aromatic rings. The van der Waals surface area contributed by atoms with E-state index in [4.69, 9.17) is 10.5 Å². The van der Waals surface area contributed by atoms with Crippen LogP contribution < -0.4 is 10.5 Å². The largest absolute Gasteiger partial charge is 0.496 e. The van der Waals surface area contributed by atoms with Crippen LogP contribution in [-0.4, -0.2) is 27.8 Å². The lowest BCUT2D eigenvalue weighted by atomic mass is 10.1. The van der Waals surface area contributed by atoms with E-state index >= 15 is 0 Å². The standard InChI is InChI=1S/C12H19NO3S/c1-8-7-11(17(14,15)6-5-13)9(2)10(3)12(8)16-4/h7H,5-6,13H2,1-4H3. The molecule has 2 N–H and O–H groups in total. The van der Waals surface area contributed by atoms with Crippen LogP contribution in [0.25, 0.3) is 0 Å². The third-order valence-corrected chi connectivity index (χ3v) is 4.77. The monoisotopic (exact) mass is 257 g/mol. The van der Waals surface area contributed by atoms with Crippen LogP contribution in [0.4, 0.5) is 0 Å². The fourth-order valence-electron chi connectivity index (χ4n) is 1.92. The summed E-state index contributed by atoms with van der Waals surface area (Å²) < 4.78 is 29.3. The summed E-state index contributed by atoms with van der Waals surface area (Å²) in [4.78, 5) is 0.360. The number of rotatable bonds is 4. The molecule has 0 aromatic heterocycles. The summed E-state index contributed by atoms with van der Waals surface area (Å²) in [5, 5.41) is 0. The fourth-order valence-corrected chi connectivity index (χ4v) is 3.43. The molecule has 0 aliphatic rings. The summed E-state index contributed by atoms with van der Waals surface area (Å²) >= 11 is 0. The second-order valence-corrected chi connectivity index (χ2v) is 6.16. The van der Waals surface area contributed by atoms with Gasteiger partial charge in [0.05, 0.1) is 17.8 Å². The van der Waals surface area contributed by atoms with E-state index in [2.05, 4.69) is 0 Å². The lowest BCUT2D eigenvalue weighted by Gasteiger charge is -2.15. The Hall–Kier alpha value is -1.07. The van der Waals surface area contributed by atoms with Crippen LogP contribution in [0.5, 0.6) is 5.75 Å². The van der Waals surface area contributed by atoms with Gasteiger partial charge < -0.3 is 10.5 Å². The molecule has 0 radical (unpaired) electrons. The van der Waals surface area contributed by atoms with E-state index in [9.17, 15) is 8.42 Å². The van der Waals surface area contributed by atoms with E-state index in [0.29, 0.717) is 4.90 Å². The lowest BCUT2D eigenvalue weighted by molar-refractivity contribution is 0.407. The normalized spacial score (nSPS) is 11.6. The van der Waals surface area contributed by atoms with Crippen LogP contribution in [0, 0.1) is 20.8 Å². The van der Waals surface area contributed by atoms with Crippen molar-refractivity contribution in [3.05, 3.63) is 22.8 Å². The maximum atomic E-state index is 12.0. The zero-order valence-corrected chi connectivity index (χ0v) is 11.5. The summed E-state index contributed by atoms with van der Waals surface area (Å²) in [5.41, 5.74) is 7.76. The first-order chi connectivity index (χ1) is 7.85. The Kier molecular flexibility index (Phi) is 4.16. The number of benzene rings is 1. The smallest absolute Gasteiger partial charge is 0.179 e. The molecule has 0 spiro atoms. The SMILES string of the molecule is COc1c(C)cc(S(=O)(=O)CCN)c(C)c1C. The van der Waals surface area contributed by atoms with Crippen molar-refractivity contribution in [2.24, 2.45) is 5.73 Å². The minimum absolute atomic E-state index is 0.0287. The third-order valence-electron chi connectivity index (χ3n) is 2.90. The van der Waals surface area contributed by atoms with Crippen molar-refractivity contribution in [3.8, 4) is 5.75 Å². The Balaban J connectivity index is 3.48. The molecule has 1 aromatic carbocycles. The van der Waals surface area contributed by atoms with Crippen molar-refractivity contribution in [2.45, 2.75) is 25.7 Å². The van der Waals surface area contributed by atoms with E-state index in [-0.39, 0.29) is 12.3 Å².